The minimum absolute atomic E-state index is 0.0218. The fourth-order valence-electron chi connectivity index (χ4n) is 1.86. The summed E-state index contributed by atoms with van der Waals surface area (Å²) in [6.45, 7) is 0.625. The van der Waals surface area contributed by atoms with Crippen LogP contribution in [0.15, 0.2) is 18.2 Å². The lowest BCUT2D eigenvalue weighted by atomic mass is 9.87. The smallest absolute Gasteiger partial charge is 0.387 e. The molecule has 2 rings (SSSR count). The average molecular weight is 266 g/mol. The molecule has 2 N–H and O–H groups in total. The van der Waals surface area contributed by atoms with E-state index < -0.39 is 17.3 Å². The maximum Gasteiger partial charge on any atom is 0.416 e. The van der Waals surface area contributed by atoms with E-state index in [1.807, 2.05) is 0 Å². The molecule has 0 bridgehead atoms. The second-order valence-corrected chi connectivity index (χ2v) is 4.74. The predicted octanol–water partition coefficient (Wildman–Crippen LogP) is 2.24. The van der Waals surface area contributed by atoms with Crippen molar-refractivity contribution in [3.8, 4) is 0 Å². The molecule has 1 heterocycles. The zero-order valence-electron chi connectivity index (χ0n) is 8.81. The van der Waals surface area contributed by atoms with Gasteiger partial charge >= 0.3 is 6.18 Å². The molecule has 1 aliphatic rings. The summed E-state index contributed by atoms with van der Waals surface area (Å²) in [7, 11) is 0. The molecule has 0 saturated carbocycles. The molecule has 0 aliphatic carbocycles. The zero-order valence-corrected chi connectivity index (χ0v) is 9.57. The Bertz CT molecular complexity index is 429. The number of rotatable bonds is 2. The van der Waals surface area contributed by atoms with Crippen LogP contribution in [0.4, 0.5) is 13.2 Å². The molecular formula is C11H11ClF3NO. The molecule has 0 unspecified atom stereocenters. The van der Waals surface area contributed by atoms with Crippen molar-refractivity contribution in [1.29, 1.82) is 0 Å². The number of alkyl halides is 3. The van der Waals surface area contributed by atoms with E-state index in [4.69, 9.17) is 11.6 Å². The topological polar surface area (TPSA) is 32.3 Å². The third-order valence-corrected chi connectivity index (χ3v) is 3.04. The van der Waals surface area contributed by atoms with Crippen LogP contribution in [0.3, 0.4) is 0 Å². The standard InChI is InChI=1S/C11H11ClF3NO/c12-8-2-1-7(4-10(17)5-16-6-10)9(3-8)11(13,14)15/h1-3,16-17H,4-6H2. The third kappa shape index (κ3) is 2.73. The van der Waals surface area contributed by atoms with Gasteiger partial charge in [-0.1, -0.05) is 17.7 Å². The monoisotopic (exact) mass is 265 g/mol. The lowest BCUT2D eigenvalue weighted by Crippen LogP contribution is -2.60. The van der Waals surface area contributed by atoms with Gasteiger partial charge in [0, 0.05) is 24.5 Å². The van der Waals surface area contributed by atoms with Crippen LogP contribution in [0.2, 0.25) is 5.02 Å². The molecule has 0 spiro atoms. The molecule has 0 radical (unpaired) electrons. The molecule has 1 aliphatic heterocycles. The van der Waals surface area contributed by atoms with Crippen LogP contribution in [0, 0.1) is 0 Å². The van der Waals surface area contributed by atoms with Crippen LogP contribution in [0.1, 0.15) is 11.1 Å². The molecule has 1 aromatic rings. The molecule has 0 amide bonds. The molecule has 2 nitrogen and oxygen atoms in total. The molecule has 1 saturated heterocycles. The highest BCUT2D eigenvalue weighted by atomic mass is 35.5. The highest BCUT2D eigenvalue weighted by molar-refractivity contribution is 6.30. The van der Waals surface area contributed by atoms with Crippen LogP contribution in [-0.4, -0.2) is 23.8 Å². The van der Waals surface area contributed by atoms with Gasteiger partial charge in [-0.25, -0.2) is 0 Å². The Kier molecular flexibility index (Phi) is 3.10. The van der Waals surface area contributed by atoms with Gasteiger partial charge in [-0.3, -0.25) is 0 Å². The number of hydrogen-bond acceptors (Lipinski definition) is 2. The minimum atomic E-state index is -4.45. The van der Waals surface area contributed by atoms with Gasteiger partial charge in [0.15, 0.2) is 0 Å². The minimum Gasteiger partial charge on any atom is -0.387 e. The highest BCUT2D eigenvalue weighted by Gasteiger charge is 2.39. The Morgan fingerprint density at radius 3 is 2.47 bits per heavy atom. The molecule has 17 heavy (non-hydrogen) atoms. The first-order chi connectivity index (χ1) is 7.80. The Balaban J connectivity index is 2.33. The normalized spacial score (nSPS) is 18.9. The van der Waals surface area contributed by atoms with Crippen molar-refractivity contribution in [3.05, 3.63) is 34.3 Å². The van der Waals surface area contributed by atoms with Gasteiger partial charge in [0.1, 0.15) is 0 Å². The second-order valence-electron chi connectivity index (χ2n) is 4.30. The van der Waals surface area contributed by atoms with Crippen molar-refractivity contribution in [1.82, 2.24) is 5.32 Å². The van der Waals surface area contributed by atoms with Crippen molar-refractivity contribution >= 4 is 11.6 Å². The van der Waals surface area contributed by atoms with E-state index in [1.165, 1.54) is 12.1 Å². The largest absolute Gasteiger partial charge is 0.416 e. The summed E-state index contributed by atoms with van der Waals surface area (Å²) in [5, 5.41) is 12.7. The van der Waals surface area contributed by atoms with Crippen LogP contribution >= 0.6 is 11.6 Å². The second kappa shape index (κ2) is 4.15. The fourth-order valence-corrected chi connectivity index (χ4v) is 2.03. The van der Waals surface area contributed by atoms with Gasteiger partial charge in [-0.2, -0.15) is 13.2 Å². The summed E-state index contributed by atoms with van der Waals surface area (Å²) in [5.41, 5.74) is -1.77. The summed E-state index contributed by atoms with van der Waals surface area (Å²) >= 11 is 5.57. The van der Waals surface area contributed by atoms with Crippen LogP contribution in [0.25, 0.3) is 0 Å². The van der Waals surface area contributed by atoms with Crippen LogP contribution in [-0.2, 0) is 12.6 Å². The summed E-state index contributed by atoms with van der Waals surface area (Å²) in [4.78, 5) is 0. The third-order valence-electron chi connectivity index (χ3n) is 2.80. The molecule has 0 aromatic heterocycles. The lowest BCUT2D eigenvalue weighted by Gasteiger charge is -2.38. The Morgan fingerprint density at radius 2 is 2.00 bits per heavy atom. The van der Waals surface area contributed by atoms with Crippen LogP contribution in [0.5, 0.6) is 0 Å². The first-order valence-corrected chi connectivity index (χ1v) is 5.47. The molecule has 1 aromatic carbocycles. The van der Waals surface area contributed by atoms with Crippen molar-refractivity contribution in [2.24, 2.45) is 0 Å². The van der Waals surface area contributed by atoms with Crippen molar-refractivity contribution in [2.45, 2.75) is 18.2 Å². The van der Waals surface area contributed by atoms with E-state index in [0.29, 0.717) is 13.1 Å². The van der Waals surface area contributed by atoms with Gasteiger partial charge in [-0.15, -0.1) is 0 Å². The predicted molar refractivity (Wildman–Crippen MR) is 58.0 cm³/mol. The highest BCUT2D eigenvalue weighted by Crippen LogP contribution is 2.35. The van der Waals surface area contributed by atoms with Gasteiger partial charge in [-0.05, 0) is 17.7 Å². The Labute approximate surface area is 101 Å². The number of nitrogens with one attached hydrogen (secondary N) is 1. The summed E-state index contributed by atoms with van der Waals surface area (Å²) in [6, 6.07) is 3.62. The van der Waals surface area contributed by atoms with E-state index >= 15 is 0 Å². The zero-order chi connectivity index (χ0) is 12.7. The van der Waals surface area contributed by atoms with Crippen LogP contribution < -0.4 is 5.32 Å². The van der Waals surface area contributed by atoms with E-state index in [1.54, 1.807) is 0 Å². The summed E-state index contributed by atoms with van der Waals surface area (Å²) < 4.78 is 38.3. The Morgan fingerprint density at radius 1 is 1.35 bits per heavy atom. The van der Waals surface area contributed by atoms with Gasteiger partial charge in [0.25, 0.3) is 0 Å². The van der Waals surface area contributed by atoms with E-state index in [0.717, 1.165) is 6.07 Å². The molecule has 94 valence electrons. The van der Waals surface area contributed by atoms with E-state index in [2.05, 4.69) is 5.32 Å². The van der Waals surface area contributed by atoms with Gasteiger partial charge in [0.2, 0.25) is 0 Å². The molecule has 0 atom stereocenters. The number of hydrogen-bond donors (Lipinski definition) is 2. The summed E-state index contributed by atoms with van der Waals surface area (Å²) in [5.74, 6) is 0. The van der Waals surface area contributed by atoms with E-state index in [9.17, 15) is 18.3 Å². The molecule has 6 heteroatoms. The number of benzene rings is 1. The maximum atomic E-state index is 12.8. The van der Waals surface area contributed by atoms with Gasteiger partial charge in [0.05, 0.1) is 11.2 Å². The molecule has 1 fully saturated rings. The number of aliphatic hydroxyl groups is 1. The van der Waals surface area contributed by atoms with Crippen molar-refractivity contribution < 1.29 is 18.3 Å². The number of halogens is 4. The maximum absolute atomic E-state index is 12.8. The van der Waals surface area contributed by atoms with Crippen molar-refractivity contribution in [2.75, 3.05) is 13.1 Å². The van der Waals surface area contributed by atoms with E-state index in [-0.39, 0.29) is 17.0 Å². The SMILES string of the molecule is OC1(Cc2ccc(Cl)cc2C(F)(F)F)CNC1. The molecular weight excluding hydrogens is 255 g/mol. The first kappa shape index (κ1) is 12.7. The summed E-state index contributed by atoms with van der Waals surface area (Å²) in [6.07, 6.45) is -4.47. The quantitative estimate of drug-likeness (QED) is 0.860. The number of β-amino-alcohol motifs (C(OH)–C–C–N with tert-alkyl or cyclic N) is 1. The average Bonchev–Trinajstić information content (AvgIpc) is 2.17. The Hall–Kier alpha value is -0.780. The lowest BCUT2D eigenvalue weighted by molar-refractivity contribution is -0.138. The van der Waals surface area contributed by atoms with Gasteiger partial charge < -0.3 is 10.4 Å². The fraction of sp³-hybridized carbons (Fsp3) is 0.455. The van der Waals surface area contributed by atoms with Crippen molar-refractivity contribution in [3.63, 3.8) is 0 Å². The first-order valence-electron chi connectivity index (χ1n) is 5.09.